The Bertz CT molecular complexity index is 687. The number of hydrogen-bond acceptors (Lipinski definition) is 4. The molecule has 0 saturated heterocycles. The van der Waals surface area contributed by atoms with E-state index in [1.807, 2.05) is 6.07 Å². The van der Waals surface area contributed by atoms with E-state index in [0.29, 0.717) is 0 Å². The van der Waals surface area contributed by atoms with Crippen molar-refractivity contribution < 1.29 is 23.9 Å². The van der Waals surface area contributed by atoms with Crippen LogP contribution in [0.15, 0.2) is 24.3 Å². The molecule has 0 heterocycles. The standard InChI is InChI=1S/C17H20FN3O4/c1-10(7-8-19)15(17(24)25)21-16(23)14(20-11(2)22)9-12-5-3-4-6-13(12)18/h3-6,10,14-15H,7,9H2,1-2H3,(H,20,22)(H,21,23)(H,24,25)/t10-,14+,15-/m0/s1. The van der Waals surface area contributed by atoms with Crippen LogP contribution in [0.5, 0.6) is 0 Å². The lowest BCUT2D eigenvalue weighted by atomic mass is 9.97. The topological polar surface area (TPSA) is 119 Å². The summed E-state index contributed by atoms with van der Waals surface area (Å²) in [6.45, 7) is 2.72. The van der Waals surface area contributed by atoms with Gasteiger partial charge in [-0.05, 0) is 11.6 Å². The number of carbonyl (C=O) groups is 3. The van der Waals surface area contributed by atoms with E-state index >= 15 is 0 Å². The molecule has 0 aliphatic heterocycles. The summed E-state index contributed by atoms with van der Waals surface area (Å²) in [7, 11) is 0. The van der Waals surface area contributed by atoms with Gasteiger partial charge in [-0.2, -0.15) is 5.26 Å². The van der Waals surface area contributed by atoms with Crippen LogP contribution in [-0.4, -0.2) is 35.0 Å². The number of carbonyl (C=O) groups excluding carboxylic acids is 2. The minimum absolute atomic E-state index is 0.0602. The highest BCUT2D eigenvalue weighted by atomic mass is 19.1. The molecule has 0 aliphatic carbocycles. The van der Waals surface area contributed by atoms with E-state index in [9.17, 15) is 23.9 Å². The molecule has 3 atom stereocenters. The number of carboxylic acid groups (broad SMARTS) is 1. The van der Waals surface area contributed by atoms with Crippen molar-refractivity contribution in [2.24, 2.45) is 5.92 Å². The van der Waals surface area contributed by atoms with Gasteiger partial charge in [-0.25, -0.2) is 9.18 Å². The van der Waals surface area contributed by atoms with E-state index in [1.54, 1.807) is 6.07 Å². The Morgan fingerprint density at radius 3 is 2.44 bits per heavy atom. The van der Waals surface area contributed by atoms with E-state index in [0.717, 1.165) is 0 Å². The van der Waals surface area contributed by atoms with Crippen LogP contribution in [0.2, 0.25) is 0 Å². The van der Waals surface area contributed by atoms with Crippen LogP contribution < -0.4 is 10.6 Å². The maximum Gasteiger partial charge on any atom is 0.326 e. The van der Waals surface area contributed by atoms with E-state index in [1.165, 1.54) is 32.0 Å². The van der Waals surface area contributed by atoms with E-state index < -0.39 is 41.6 Å². The molecule has 0 radical (unpaired) electrons. The van der Waals surface area contributed by atoms with Gasteiger partial charge in [0, 0.05) is 25.7 Å². The summed E-state index contributed by atoms with van der Waals surface area (Å²) in [5.41, 5.74) is 0.216. The fourth-order valence-electron chi connectivity index (χ4n) is 2.30. The molecule has 25 heavy (non-hydrogen) atoms. The predicted molar refractivity (Wildman–Crippen MR) is 86.7 cm³/mol. The number of nitrogens with zero attached hydrogens (tertiary/aromatic N) is 1. The first kappa shape index (κ1) is 20.1. The fourth-order valence-corrected chi connectivity index (χ4v) is 2.30. The van der Waals surface area contributed by atoms with Crippen LogP contribution in [0, 0.1) is 23.1 Å². The van der Waals surface area contributed by atoms with Crippen LogP contribution in [0.1, 0.15) is 25.8 Å². The first-order valence-corrected chi connectivity index (χ1v) is 7.66. The number of carboxylic acids is 1. The Morgan fingerprint density at radius 1 is 1.28 bits per heavy atom. The zero-order chi connectivity index (χ0) is 19.0. The maximum atomic E-state index is 13.8. The van der Waals surface area contributed by atoms with Gasteiger partial charge in [0.25, 0.3) is 0 Å². The Kier molecular flexibility index (Phi) is 7.53. The lowest BCUT2D eigenvalue weighted by molar-refractivity contribution is -0.143. The lowest BCUT2D eigenvalue weighted by Gasteiger charge is -2.23. The molecule has 0 bridgehead atoms. The minimum Gasteiger partial charge on any atom is -0.480 e. The average Bonchev–Trinajstić information content (AvgIpc) is 2.53. The SMILES string of the molecule is CC(=O)N[C@H](Cc1ccccc1F)C(=O)N[C@H](C(=O)O)[C@@H](C)CC#N. The van der Waals surface area contributed by atoms with Crippen molar-refractivity contribution in [3.05, 3.63) is 35.6 Å². The molecule has 0 aromatic heterocycles. The van der Waals surface area contributed by atoms with Gasteiger partial charge in [0.1, 0.15) is 17.9 Å². The van der Waals surface area contributed by atoms with Gasteiger partial charge >= 0.3 is 5.97 Å². The summed E-state index contributed by atoms with van der Waals surface area (Å²) in [5.74, 6) is -3.70. The van der Waals surface area contributed by atoms with Crippen LogP contribution >= 0.6 is 0 Å². The molecular formula is C17H20FN3O4. The lowest BCUT2D eigenvalue weighted by Crippen LogP contribution is -2.54. The number of nitriles is 1. The number of halogens is 1. The first-order chi connectivity index (χ1) is 11.8. The smallest absolute Gasteiger partial charge is 0.326 e. The van der Waals surface area contributed by atoms with Crippen molar-refractivity contribution >= 4 is 17.8 Å². The molecule has 1 rings (SSSR count). The normalized spacial score (nSPS) is 13.8. The maximum absolute atomic E-state index is 13.8. The highest BCUT2D eigenvalue weighted by Crippen LogP contribution is 2.12. The molecule has 3 N–H and O–H groups in total. The van der Waals surface area contributed by atoms with Crippen molar-refractivity contribution in [1.82, 2.24) is 10.6 Å². The fraction of sp³-hybridized carbons (Fsp3) is 0.412. The monoisotopic (exact) mass is 349 g/mol. The number of amides is 2. The average molecular weight is 349 g/mol. The van der Waals surface area contributed by atoms with E-state index in [-0.39, 0.29) is 18.4 Å². The molecule has 0 saturated carbocycles. The molecule has 1 aromatic rings. The Hall–Kier alpha value is -2.95. The van der Waals surface area contributed by atoms with Gasteiger partial charge in [0.05, 0.1) is 6.07 Å². The third-order valence-electron chi connectivity index (χ3n) is 3.62. The molecule has 8 heteroatoms. The van der Waals surface area contributed by atoms with Crippen LogP contribution in [0.25, 0.3) is 0 Å². The molecule has 1 aromatic carbocycles. The predicted octanol–water partition coefficient (Wildman–Crippen LogP) is 0.992. The number of hydrogen-bond donors (Lipinski definition) is 3. The molecule has 0 spiro atoms. The summed E-state index contributed by atoms with van der Waals surface area (Å²) in [6, 6.07) is 5.22. The zero-order valence-corrected chi connectivity index (χ0v) is 14.0. The van der Waals surface area contributed by atoms with Gasteiger partial charge in [-0.3, -0.25) is 9.59 Å². The van der Waals surface area contributed by atoms with Gasteiger partial charge in [0.2, 0.25) is 11.8 Å². The molecule has 7 nitrogen and oxygen atoms in total. The van der Waals surface area contributed by atoms with Gasteiger partial charge in [0.15, 0.2) is 0 Å². The summed E-state index contributed by atoms with van der Waals surface area (Å²) in [6.07, 6.45) is -0.188. The third-order valence-corrected chi connectivity index (χ3v) is 3.62. The number of nitrogens with one attached hydrogen (secondary N) is 2. The molecule has 0 aliphatic rings. The minimum atomic E-state index is -1.29. The van der Waals surface area contributed by atoms with Crippen molar-refractivity contribution in [3.63, 3.8) is 0 Å². The summed E-state index contributed by atoms with van der Waals surface area (Å²) < 4.78 is 13.8. The van der Waals surface area contributed by atoms with E-state index in [4.69, 9.17) is 5.26 Å². The third kappa shape index (κ3) is 6.22. The second-order valence-electron chi connectivity index (χ2n) is 5.71. The Morgan fingerprint density at radius 2 is 1.92 bits per heavy atom. The van der Waals surface area contributed by atoms with Crippen molar-refractivity contribution in [1.29, 1.82) is 5.26 Å². The van der Waals surface area contributed by atoms with Gasteiger partial charge in [-0.1, -0.05) is 25.1 Å². The molecule has 0 fully saturated rings. The number of aliphatic carboxylic acids is 1. The second kappa shape index (κ2) is 9.37. The van der Waals surface area contributed by atoms with Crippen molar-refractivity contribution in [2.75, 3.05) is 0 Å². The molecule has 2 amide bonds. The molecule has 0 unspecified atom stereocenters. The van der Waals surface area contributed by atoms with Crippen LogP contribution in [0.3, 0.4) is 0 Å². The van der Waals surface area contributed by atoms with Crippen molar-refractivity contribution in [3.8, 4) is 6.07 Å². The highest BCUT2D eigenvalue weighted by molar-refractivity contribution is 5.90. The van der Waals surface area contributed by atoms with Gasteiger partial charge < -0.3 is 15.7 Å². The molecular weight excluding hydrogens is 329 g/mol. The molecule has 134 valence electrons. The van der Waals surface area contributed by atoms with Gasteiger partial charge in [-0.15, -0.1) is 0 Å². The Labute approximate surface area is 144 Å². The Balaban J connectivity index is 2.96. The second-order valence-corrected chi connectivity index (χ2v) is 5.71. The number of rotatable bonds is 8. The summed E-state index contributed by atoms with van der Waals surface area (Å²) in [5, 5.41) is 22.7. The largest absolute Gasteiger partial charge is 0.480 e. The first-order valence-electron chi connectivity index (χ1n) is 7.66. The number of benzene rings is 1. The zero-order valence-electron chi connectivity index (χ0n) is 14.0. The quantitative estimate of drug-likeness (QED) is 0.647. The van der Waals surface area contributed by atoms with Crippen LogP contribution in [0.4, 0.5) is 4.39 Å². The van der Waals surface area contributed by atoms with Crippen molar-refractivity contribution in [2.45, 2.75) is 38.8 Å². The van der Waals surface area contributed by atoms with Crippen LogP contribution in [-0.2, 0) is 20.8 Å². The summed E-state index contributed by atoms with van der Waals surface area (Å²) >= 11 is 0. The highest BCUT2D eigenvalue weighted by Gasteiger charge is 2.30. The van der Waals surface area contributed by atoms with E-state index in [2.05, 4.69) is 10.6 Å². The summed E-state index contributed by atoms with van der Waals surface area (Å²) in [4.78, 5) is 35.1.